The lowest BCUT2D eigenvalue weighted by molar-refractivity contribution is 0.147. The summed E-state index contributed by atoms with van der Waals surface area (Å²) >= 11 is 0. The van der Waals surface area contributed by atoms with Crippen LogP contribution in [0.1, 0.15) is 6.42 Å². The zero-order chi connectivity index (χ0) is 15.1. The molecule has 3 N–H and O–H groups in total. The van der Waals surface area contributed by atoms with Gasteiger partial charge in [0.1, 0.15) is 5.75 Å². The summed E-state index contributed by atoms with van der Waals surface area (Å²) in [6.07, 6.45) is 1.01. The Kier molecular flexibility index (Phi) is 5.83. The Morgan fingerprint density at radius 1 is 1.24 bits per heavy atom. The van der Waals surface area contributed by atoms with Crippen molar-refractivity contribution in [2.45, 2.75) is 6.42 Å². The Hall–Kier alpha value is -1.79. The van der Waals surface area contributed by atoms with Crippen LogP contribution in [0, 0.1) is 0 Å². The summed E-state index contributed by atoms with van der Waals surface area (Å²) in [5.41, 5.74) is 6.30. The molecule has 1 fully saturated rings. The number of anilines is 1. The molecule has 0 aliphatic carbocycles. The van der Waals surface area contributed by atoms with E-state index < -0.39 is 0 Å². The fraction of sp³-hybridized carbons (Fsp3) is 0.533. The monoisotopic (exact) mass is 292 g/mol. The summed E-state index contributed by atoms with van der Waals surface area (Å²) in [5.74, 6) is 0.779. The number of rotatable bonds is 5. The first-order chi connectivity index (χ1) is 10.2. The molecule has 6 nitrogen and oxygen atoms in total. The number of urea groups is 1. The third-order valence-corrected chi connectivity index (χ3v) is 3.68. The number of piperazine rings is 1. The molecule has 1 aromatic carbocycles. The Balaban J connectivity index is 1.78. The molecule has 2 rings (SSSR count). The highest BCUT2D eigenvalue weighted by Crippen LogP contribution is 2.15. The molecule has 116 valence electrons. The van der Waals surface area contributed by atoms with Crippen molar-refractivity contribution < 1.29 is 9.53 Å². The number of hydrogen-bond donors (Lipinski definition) is 2. The maximum absolute atomic E-state index is 12.2. The Labute approximate surface area is 125 Å². The first-order valence-corrected chi connectivity index (χ1v) is 7.35. The van der Waals surface area contributed by atoms with Crippen molar-refractivity contribution in [3.8, 4) is 5.75 Å². The van der Waals surface area contributed by atoms with Crippen molar-refractivity contribution in [3.63, 3.8) is 0 Å². The molecule has 6 heteroatoms. The molecular weight excluding hydrogens is 268 g/mol. The Bertz CT molecular complexity index is 441. The lowest BCUT2D eigenvalue weighted by Gasteiger charge is -2.34. The molecule has 0 unspecified atom stereocenters. The van der Waals surface area contributed by atoms with Gasteiger partial charge in [-0.25, -0.2) is 4.79 Å². The van der Waals surface area contributed by atoms with Crippen LogP contribution in [0.15, 0.2) is 24.3 Å². The van der Waals surface area contributed by atoms with Crippen LogP contribution >= 0.6 is 0 Å². The van der Waals surface area contributed by atoms with E-state index in [1.807, 2.05) is 29.2 Å². The SMILES string of the molecule is COc1ccc(NC(=O)N2CCN(CCCN)CC2)cc1. The number of carbonyl (C=O) groups is 1. The lowest BCUT2D eigenvalue weighted by atomic mass is 10.3. The summed E-state index contributed by atoms with van der Waals surface area (Å²) < 4.78 is 5.10. The minimum Gasteiger partial charge on any atom is -0.497 e. The number of nitrogens with two attached hydrogens (primary N) is 1. The van der Waals surface area contributed by atoms with Crippen molar-refractivity contribution in [2.24, 2.45) is 5.73 Å². The average molecular weight is 292 g/mol. The summed E-state index contributed by atoms with van der Waals surface area (Å²) in [7, 11) is 1.62. The highest BCUT2D eigenvalue weighted by molar-refractivity contribution is 5.89. The third kappa shape index (κ3) is 4.61. The van der Waals surface area contributed by atoms with Gasteiger partial charge in [0, 0.05) is 31.9 Å². The van der Waals surface area contributed by atoms with Gasteiger partial charge in [0.2, 0.25) is 0 Å². The second-order valence-electron chi connectivity index (χ2n) is 5.13. The standard InChI is InChI=1S/C15H24N4O2/c1-21-14-5-3-13(4-6-14)17-15(20)19-11-9-18(10-12-19)8-2-7-16/h3-6H,2,7-12,16H2,1H3,(H,17,20). The summed E-state index contributed by atoms with van der Waals surface area (Å²) in [5, 5.41) is 2.91. The van der Waals surface area contributed by atoms with Crippen LogP contribution in [0.4, 0.5) is 10.5 Å². The fourth-order valence-corrected chi connectivity index (χ4v) is 2.37. The van der Waals surface area contributed by atoms with Crippen molar-refractivity contribution in [3.05, 3.63) is 24.3 Å². The molecule has 21 heavy (non-hydrogen) atoms. The molecule has 0 bridgehead atoms. The van der Waals surface area contributed by atoms with E-state index >= 15 is 0 Å². The largest absolute Gasteiger partial charge is 0.497 e. The Morgan fingerprint density at radius 2 is 1.90 bits per heavy atom. The van der Waals surface area contributed by atoms with Gasteiger partial charge in [-0.3, -0.25) is 4.90 Å². The van der Waals surface area contributed by atoms with E-state index in [0.717, 1.165) is 57.1 Å². The van der Waals surface area contributed by atoms with E-state index in [9.17, 15) is 4.79 Å². The number of hydrogen-bond acceptors (Lipinski definition) is 4. The maximum Gasteiger partial charge on any atom is 0.321 e. The molecule has 0 spiro atoms. The normalized spacial score (nSPS) is 15.8. The molecule has 0 radical (unpaired) electrons. The number of ether oxygens (including phenoxy) is 1. The Morgan fingerprint density at radius 3 is 2.48 bits per heavy atom. The van der Waals surface area contributed by atoms with Crippen LogP contribution in [0.2, 0.25) is 0 Å². The molecular formula is C15H24N4O2. The van der Waals surface area contributed by atoms with Crippen LogP contribution in [-0.4, -0.2) is 62.2 Å². The van der Waals surface area contributed by atoms with Gasteiger partial charge >= 0.3 is 6.03 Å². The van der Waals surface area contributed by atoms with E-state index in [1.165, 1.54) is 0 Å². The van der Waals surface area contributed by atoms with Gasteiger partial charge in [0.05, 0.1) is 7.11 Å². The van der Waals surface area contributed by atoms with Gasteiger partial charge in [-0.05, 0) is 43.8 Å². The smallest absolute Gasteiger partial charge is 0.321 e. The molecule has 1 heterocycles. The van der Waals surface area contributed by atoms with Crippen molar-refractivity contribution in [1.29, 1.82) is 0 Å². The van der Waals surface area contributed by atoms with Gasteiger partial charge in [0.15, 0.2) is 0 Å². The molecule has 2 amide bonds. The van der Waals surface area contributed by atoms with E-state index in [1.54, 1.807) is 7.11 Å². The van der Waals surface area contributed by atoms with Crippen molar-refractivity contribution >= 4 is 11.7 Å². The summed E-state index contributed by atoms with van der Waals surface area (Å²) in [4.78, 5) is 16.4. The second kappa shape index (κ2) is 7.85. The maximum atomic E-state index is 12.2. The minimum absolute atomic E-state index is 0.0429. The molecule has 0 aromatic heterocycles. The third-order valence-electron chi connectivity index (χ3n) is 3.68. The zero-order valence-electron chi connectivity index (χ0n) is 12.5. The number of amides is 2. The van der Waals surface area contributed by atoms with E-state index in [-0.39, 0.29) is 6.03 Å². The van der Waals surface area contributed by atoms with Crippen molar-refractivity contribution in [1.82, 2.24) is 9.80 Å². The number of nitrogens with zero attached hydrogens (tertiary/aromatic N) is 2. The molecule has 1 aliphatic rings. The lowest BCUT2D eigenvalue weighted by Crippen LogP contribution is -2.50. The van der Waals surface area contributed by atoms with Gasteiger partial charge in [-0.15, -0.1) is 0 Å². The van der Waals surface area contributed by atoms with Crippen LogP contribution in [-0.2, 0) is 0 Å². The first kappa shape index (κ1) is 15.6. The van der Waals surface area contributed by atoms with Crippen LogP contribution < -0.4 is 15.8 Å². The van der Waals surface area contributed by atoms with Gasteiger partial charge < -0.3 is 20.7 Å². The molecule has 1 saturated heterocycles. The van der Waals surface area contributed by atoms with Gasteiger partial charge in [0.25, 0.3) is 0 Å². The first-order valence-electron chi connectivity index (χ1n) is 7.35. The van der Waals surface area contributed by atoms with Crippen LogP contribution in [0.3, 0.4) is 0 Å². The van der Waals surface area contributed by atoms with E-state index in [4.69, 9.17) is 10.5 Å². The fourth-order valence-electron chi connectivity index (χ4n) is 2.37. The van der Waals surface area contributed by atoms with Gasteiger partial charge in [-0.1, -0.05) is 0 Å². The van der Waals surface area contributed by atoms with Crippen LogP contribution in [0.25, 0.3) is 0 Å². The van der Waals surface area contributed by atoms with E-state index in [2.05, 4.69) is 10.2 Å². The molecule has 1 aliphatic heterocycles. The highest BCUT2D eigenvalue weighted by Gasteiger charge is 2.20. The number of nitrogens with one attached hydrogen (secondary N) is 1. The molecule has 0 atom stereocenters. The number of benzene rings is 1. The highest BCUT2D eigenvalue weighted by atomic mass is 16.5. The average Bonchev–Trinajstić information content (AvgIpc) is 2.54. The topological polar surface area (TPSA) is 70.8 Å². The van der Waals surface area contributed by atoms with E-state index in [0.29, 0.717) is 0 Å². The van der Waals surface area contributed by atoms with Crippen molar-refractivity contribution in [2.75, 3.05) is 51.7 Å². The zero-order valence-corrected chi connectivity index (χ0v) is 12.5. The predicted molar refractivity (Wildman–Crippen MR) is 83.7 cm³/mol. The predicted octanol–water partition coefficient (Wildman–Crippen LogP) is 1.19. The number of methoxy groups -OCH3 is 1. The minimum atomic E-state index is -0.0429. The molecule has 1 aromatic rings. The van der Waals surface area contributed by atoms with Crippen LogP contribution in [0.5, 0.6) is 5.75 Å². The van der Waals surface area contributed by atoms with Gasteiger partial charge in [-0.2, -0.15) is 0 Å². The molecule has 0 saturated carbocycles. The summed E-state index contributed by atoms with van der Waals surface area (Å²) in [6, 6.07) is 7.31. The number of carbonyl (C=O) groups excluding carboxylic acids is 1. The summed E-state index contributed by atoms with van der Waals surface area (Å²) in [6.45, 7) is 5.08. The quantitative estimate of drug-likeness (QED) is 0.855. The second-order valence-corrected chi connectivity index (χ2v) is 5.13.